The molecule has 0 aliphatic heterocycles. The number of amides is 2. The van der Waals surface area contributed by atoms with E-state index < -0.39 is 36.8 Å². The van der Waals surface area contributed by atoms with Crippen LogP contribution in [0.25, 0.3) is 0 Å². The first-order valence-corrected chi connectivity index (χ1v) is 19.0. The second kappa shape index (κ2) is 15.2. The molecule has 2 aromatic heterocycles. The molecular weight excluding hydrogens is 685 g/mol. The number of ketones is 2. The third-order valence-electron chi connectivity index (χ3n) is 8.27. The molecule has 0 atom stereocenters. The van der Waals surface area contributed by atoms with Crippen molar-refractivity contribution in [2.75, 3.05) is 5.32 Å². The Hall–Kier alpha value is -2.79. The third kappa shape index (κ3) is 9.51. The maximum absolute atomic E-state index is 12.6. The number of aryl methyl sites for hydroxylation is 4. The summed E-state index contributed by atoms with van der Waals surface area (Å²) in [4.78, 5) is 35.9. The average Bonchev–Trinajstić information content (AvgIpc) is 3.77. The number of rotatable bonds is 4. The van der Waals surface area contributed by atoms with Crippen LogP contribution in [-0.4, -0.2) is 40.0 Å². The molecule has 260 valence electrons. The van der Waals surface area contributed by atoms with E-state index in [0.717, 1.165) is 55.3 Å². The number of urea groups is 1. The standard InChI is InChI=1S/C21H22N2O5S.C8H9NO4S.C4H9O.Na/c24-17-8-3-9-18-16(17)11-19(28-18)29(26,27)23-21(25)22-20-14-6-1-4-12(14)10-13-5-2-7-15(13)20;9-14(11,12)8-4-5-6(10)2-1-3-7(5)13-8;1-4(2,3)5;/h10-11H,1-9H2,(H2,22,23,25);4H,1-3H2,(H2,9,11,12);1-3H3;/q;;-1;+1. The maximum atomic E-state index is 12.6. The van der Waals surface area contributed by atoms with E-state index in [4.69, 9.17) is 14.0 Å². The summed E-state index contributed by atoms with van der Waals surface area (Å²) < 4.78 is 59.6. The van der Waals surface area contributed by atoms with Crippen LogP contribution in [-0.2, 0) is 58.6 Å². The van der Waals surface area contributed by atoms with Gasteiger partial charge in [0.25, 0.3) is 20.0 Å². The van der Waals surface area contributed by atoms with E-state index in [1.54, 1.807) is 20.8 Å². The van der Waals surface area contributed by atoms with Crippen LogP contribution in [0.2, 0.25) is 0 Å². The molecule has 4 N–H and O–H groups in total. The molecule has 13 nitrogen and oxygen atoms in total. The van der Waals surface area contributed by atoms with Crippen molar-refractivity contribution in [1.82, 2.24) is 4.72 Å². The van der Waals surface area contributed by atoms with Gasteiger partial charge in [-0.25, -0.2) is 23.1 Å². The van der Waals surface area contributed by atoms with Gasteiger partial charge >= 0.3 is 35.6 Å². The third-order valence-corrected chi connectivity index (χ3v) is 10.2. The summed E-state index contributed by atoms with van der Waals surface area (Å²) in [6.45, 7) is 4.90. The van der Waals surface area contributed by atoms with Crippen molar-refractivity contribution < 1.29 is 74.7 Å². The smallest absolute Gasteiger partial charge is 0.850 e. The van der Waals surface area contributed by atoms with Crippen LogP contribution in [0, 0.1) is 0 Å². The molecule has 3 aromatic rings. The summed E-state index contributed by atoms with van der Waals surface area (Å²) in [5, 5.41) is 17.1. The van der Waals surface area contributed by atoms with Gasteiger partial charge in [-0.05, 0) is 73.6 Å². The predicted octanol–water partition coefficient (Wildman–Crippen LogP) is 0.882. The number of carbonyl (C=O) groups is 3. The summed E-state index contributed by atoms with van der Waals surface area (Å²) >= 11 is 0. The Morgan fingerprint density at radius 2 is 1.16 bits per heavy atom. The second-order valence-electron chi connectivity index (χ2n) is 13.3. The van der Waals surface area contributed by atoms with Gasteiger partial charge in [-0.1, -0.05) is 26.8 Å². The topological polar surface area (TPSA) is 219 Å². The molecule has 0 spiro atoms. The summed E-state index contributed by atoms with van der Waals surface area (Å²) in [6.07, 6.45) is 9.10. The fourth-order valence-corrected chi connectivity index (χ4v) is 7.67. The van der Waals surface area contributed by atoms with Crippen LogP contribution in [0.4, 0.5) is 10.5 Å². The normalized spacial score (nSPS) is 16.4. The van der Waals surface area contributed by atoms with Crippen LogP contribution >= 0.6 is 0 Å². The molecule has 0 fully saturated rings. The van der Waals surface area contributed by atoms with Crippen LogP contribution < -0.4 is 49.8 Å². The molecule has 4 aliphatic carbocycles. The average molecular weight is 726 g/mol. The number of nitrogens with one attached hydrogen (secondary N) is 2. The summed E-state index contributed by atoms with van der Waals surface area (Å²) in [5.41, 5.74) is 5.43. The van der Waals surface area contributed by atoms with Gasteiger partial charge in [-0.3, -0.25) is 9.59 Å². The van der Waals surface area contributed by atoms with Crippen LogP contribution in [0.3, 0.4) is 0 Å². The second-order valence-corrected chi connectivity index (χ2v) is 16.4. The van der Waals surface area contributed by atoms with E-state index in [2.05, 4.69) is 11.4 Å². The molecular formula is C33H40N3NaO10S2. The fraction of sp³-hybridized carbons (Fsp3) is 0.485. The van der Waals surface area contributed by atoms with Gasteiger partial charge in [0, 0.05) is 43.5 Å². The van der Waals surface area contributed by atoms with Crippen molar-refractivity contribution >= 4 is 43.3 Å². The Morgan fingerprint density at radius 1 is 0.735 bits per heavy atom. The number of fused-ring (bicyclic) bond motifs is 4. The molecule has 16 heteroatoms. The minimum atomic E-state index is -4.21. The Labute approximate surface area is 308 Å². The molecule has 0 bridgehead atoms. The molecule has 7 rings (SSSR count). The Balaban J connectivity index is 0.000000226. The van der Waals surface area contributed by atoms with E-state index in [1.165, 1.54) is 23.3 Å². The monoisotopic (exact) mass is 725 g/mol. The Morgan fingerprint density at radius 3 is 1.61 bits per heavy atom. The minimum Gasteiger partial charge on any atom is -0.850 e. The van der Waals surface area contributed by atoms with Gasteiger partial charge in [-0.2, -0.15) is 8.42 Å². The van der Waals surface area contributed by atoms with Crippen molar-refractivity contribution in [3.63, 3.8) is 0 Å². The number of sulfonamides is 2. The van der Waals surface area contributed by atoms with Crippen molar-refractivity contribution in [2.45, 2.75) is 114 Å². The number of Topliss-reactive ketones (excluding diaryl/α,β-unsaturated/α-hetero) is 2. The van der Waals surface area contributed by atoms with E-state index in [9.17, 15) is 36.3 Å². The number of hydrogen-bond acceptors (Lipinski definition) is 10. The van der Waals surface area contributed by atoms with Crippen molar-refractivity contribution in [1.29, 1.82) is 0 Å². The van der Waals surface area contributed by atoms with Crippen molar-refractivity contribution in [3.8, 4) is 0 Å². The summed E-state index contributed by atoms with van der Waals surface area (Å²) in [7, 11) is -8.05. The zero-order valence-corrected chi connectivity index (χ0v) is 31.8. The van der Waals surface area contributed by atoms with E-state index >= 15 is 0 Å². The summed E-state index contributed by atoms with van der Waals surface area (Å²) in [6, 6.07) is 3.88. The van der Waals surface area contributed by atoms with E-state index in [1.807, 2.05) is 4.72 Å². The fourth-order valence-electron chi connectivity index (χ4n) is 6.29. The van der Waals surface area contributed by atoms with Crippen LogP contribution in [0.5, 0.6) is 0 Å². The van der Waals surface area contributed by atoms with Gasteiger partial charge in [0.1, 0.15) is 11.5 Å². The molecule has 0 saturated carbocycles. The Bertz CT molecular complexity index is 1950. The largest absolute Gasteiger partial charge is 1.00 e. The molecule has 4 aliphatic rings. The number of benzene rings is 1. The zero-order valence-electron chi connectivity index (χ0n) is 28.2. The van der Waals surface area contributed by atoms with Gasteiger partial charge in [0.2, 0.25) is 10.2 Å². The van der Waals surface area contributed by atoms with E-state index in [0.29, 0.717) is 61.2 Å². The maximum Gasteiger partial charge on any atom is 1.00 e. The molecule has 2 heterocycles. The number of carbonyl (C=O) groups excluding carboxylic acids is 3. The van der Waals surface area contributed by atoms with E-state index in [-0.39, 0.29) is 46.2 Å². The molecule has 49 heavy (non-hydrogen) atoms. The molecule has 0 unspecified atom stereocenters. The number of primary sulfonamides is 1. The number of anilines is 1. The number of furan rings is 2. The first-order chi connectivity index (χ1) is 22.4. The quantitative estimate of drug-likeness (QED) is 0.323. The molecule has 1 aromatic carbocycles. The zero-order chi connectivity index (χ0) is 35.0. The molecule has 0 radical (unpaired) electrons. The first kappa shape index (κ1) is 39.0. The van der Waals surface area contributed by atoms with Crippen molar-refractivity contribution in [2.24, 2.45) is 5.14 Å². The van der Waals surface area contributed by atoms with Gasteiger partial charge in [0.15, 0.2) is 11.6 Å². The SMILES string of the molecule is CC(C)(C)[O-].NS(=O)(=O)c1cc2c(o1)CCCC2=O.O=C(Nc1c2c(cc3c1CCC3)CCC2)NS(=O)(=O)c1cc2c(o1)CCCC2=O.[Na+]. The molecule has 0 saturated heterocycles. The molecule has 2 amide bonds. The number of nitrogens with two attached hydrogens (primary N) is 1. The number of hydrogen-bond donors (Lipinski definition) is 3. The van der Waals surface area contributed by atoms with Crippen LogP contribution in [0.1, 0.15) is 114 Å². The first-order valence-electron chi connectivity index (χ1n) is 16.0. The van der Waals surface area contributed by atoms with Gasteiger partial charge in [0.05, 0.1) is 11.1 Å². The van der Waals surface area contributed by atoms with Gasteiger partial charge in [-0.15, -0.1) is 5.60 Å². The van der Waals surface area contributed by atoms with Crippen LogP contribution in [0.15, 0.2) is 37.2 Å². The minimum absolute atomic E-state index is 0. The Kier molecular flexibility index (Phi) is 12.1. The van der Waals surface area contributed by atoms with Crippen molar-refractivity contribution in [3.05, 3.63) is 63.1 Å². The predicted molar refractivity (Wildman–Crippen MR) is 173 cm³/mol. The summed E-state index contributed by atoms with van der Waals surface area (Å²) in [5.74, 6) is 0.604. The van der Waals surface area contributed by atoms with Gasteiger partial charge < -0.3 is 19.3 Å².